The molecular formula is C20H17FN2O4. The van der Waals surface area contributed by atoms with E-state index in [0.717, 1.165) is 15.4 Å². The highest BCUT2D eigenvalue weighted by molar-refractivity contribution is 6.30. The Morgan fingerprint density at radius 2 is 1.44 bits per heavy atom. The van der Waals surface area contributed by atoms with E-state index in [2.05, 4.69) is 0 Å². The normalized spacial score (nSPS) is 14.6. The quantitative estimate of drug-likeness (QED) is 0.615. The molecule has 0 bridgehead atoms. The fourth-order valence-corrected chi connectivity index (χ4v) is 2.55. The number of carbonyl (C=O) groups excluding carboxylic acids is 3. The van der Waals surface area contributed by atoms with E-state index >= 15 is 0 Å². The van der Waals surface area contributed by atoms with Crippen molar-refractivity contribution in [2.75, 3.05) is 14.1 Å². The summed E-state index contributed by atoms with van der Waals surface area (Å²) in [7, 11) is 2.65. The van der Waals surface area contributed by atoms with Gasteiger partial charge in [-0.2, -0.15) is 0 Å². The van der Waals surface area contributed by atoms with Crippen LogP contribution >= 0.6 is 0 Å². The summed E-state index contributed by atoms with van der Waals surface area (Å²) in [5.41, 5.74) is 1.37. The van der Waals surface area contributed by atoms with Gasteiger partial charge in [-0.15, -0.1) is 0 Å². The minimum absolute atomic E-state index is 0.0837. The van der Waals surface area contributed by atoms with Crippen molar-refractivity contribution in [1.29, 1.82) is 0 Å². The standard InChI is InChI=1S/C20H17FN2O4/c1-22-18(24)17(19(25)23(2)20(22)26)11-13-5-9-16(10-6-13)27-12-14-3-7-15(21)8-4-14/h3-11H,12H2,1-2H3. The molecule has 0 saturated carbocycles. The van der Waals surface area contributed by atoms with E-state index < -0.39 is 17.8 Å². The number of likely N-dealkylation sites (N-methyl/N-ethyl adjacent to an activating group) is 2. The van der Waals surface area contributed by atoms with E-state index in [9.17, 15) is 18.8 Å². The molecule has 0 aromatic heterocycles. The Kier molecular flexibility index (Phi) is 5.03. The molecule has 3 rings (SSSR count). The molecule has 0 spiro atoms. The molecule has 0 atom stereocenters. The SMILES string of the molecule is CN1C(=O)C(=Cc2ccc(OCc3ccc(F)cc3)cc2)C(=O)N(C)C1=O. The molecule has 27 heavy (non-hydrogen) atoms. The van der Waals surface area contributed by atoms with Crippen molar-refractivity contribution in [1.82, 2.24) is 9.80 Å². The minimum atomic E-state index is -0.660. The molecule has 1 saturated heterocycles. The van der Waals surface area contributed by atoms with Gasteiger partial charge in [-0.3, -0.25) is 19.4 Å². The first-order valence-corrected chi connectivity index (χ1v) is 8.16. The predicted octanol–water partition coefficient (Wildman–Crippen LogP) is 2.84. The van der Waals surface area contributed by atoms with E-state index in [-0.39, 0.29) is 18.0 Å². The Hall–Kier alpha value is -3.48. The molecule has 2 aromatic rings. The topological polar surface area (TPSA) is 66.9 Å². The second-order valence-corrected chi connectivity index (χ2v) is 6.05. The Bertz CT molecular complexity index is 894. The molecular weight excluding hydrogens is 351 g/mol. The lowest BCUT2D eigenvalue weighted by Gasteiger charge is -2.28. The lowest BCUT2D eigenvalue weighted by atomic mass is 10.1. The van der Waals surface area contributed by atoms with Crippen LogP contribution in [-0.4, -0.2) is 41.7 Å². The summed E-state index contributed by atoms with van der Waals surface area (Å²) in [6, 6.07) is 12.2. The second-order valence-electron chi connectivity index (χ2n) is 6.05. The van der Waals surface area contributed by atoms with Gasteiger partial charge in [-0.05, 0) is 41.5 Å². The molecule has 138 valence electrons. The summed E-state index contributed by atoms with van der Waals surface area (Å²) in [4.78, 5) is 37.9. The molecule has 1 aliphatic heterocycles. The summed E-state index contributed by atoms with van der Waals surface area (Å²) >= 11 is 0. The monoisotopic (exact) mass is 368 g/mol. The van der Waals surface area contributed by atoms with Crippen LogP contribution in [0, 0.1) is 5.82 Å². The maximum atomic E-state index is 12.9. The number of ether oxygens (including phenoxy) is 1. The van der Waals surface area contributed by atoms with E-state index in [0.29, 0.717) is 11.3 Å². The van der Waals surface area contributed by atoms with Gasteiger partial charge in [0, 0.05) is 14.1 Å². The number of urea groups is 1. The van der Waals surface area contributed by atoms with E-state index in [1.165, 1.54) is 32.3 Å². The van der Waals surface area contributed by atoms with Crippen molar-refractivity contribution in [3.63, 3.8) is 0 Å². The van der Waals surface area contributed by atoms with Crippen LogP contribution in [0.25, 0.3) is 6.08 Å². The number of hydrogen-bond donors (Lipinski definition) is 0. The zero-order valence-corrected chi connectivity index (χ0v) is 14.8. The number of amides is 4. The fourth-order valence-electron chi connectivity index (χ4n) is 2.55. The number of barbiturate groups is 1. The third kappa shape index (κ3) is 3.87. The van der Waals surface area contributed by atoms with Gasteiger partial charge in [0.2, 0.25) is 0 Å². The highest BCUT2D eigenvalue weighted by atomic mass is 19.1. The van der Waals surface area contributed by atoms with Crippen LogP contribution in [0.3, 0.4) is 0 Å². The van der Waals surface area contributed by atoms with Crippen LogP contribution in [0.2, 0.25) is 0 Å². The number of halogens is 1. The molecule has 2 aromatic carbocycles. The maximum Gasteiger partial charge on any atom is 0.333 e. The highest BCUT2D eigenvalue weighted by Crippen LogP contribution is 2.20. The molecule has 4 amide bonds. The van der Waals surface area contributed by atoms with Gasteiger partial charge in [-0.25, -0.2) is 9.18 Å². The van der Waals surface area contributed by atoms with E-state index in [1.54, 1.807) is 36.4 Å². The zero-order valence-electron chi connectivity index (χ0n) is 14.8. The van der Waals surface area contributed by atoms with Crippen molar-refractivity contribution >= 4 is 23.9 Å². The zero-order chi connectivity index (χ0) is 19.6. The number of nitrogens with zero attached hydrogens (tertiary/aromatic N) is 2. The van der Waals surface area contributed by atoms with Crippen LogP contribution in [-0.2, 0) is 16.2 Å². The number of carbonyl (C=O) groups is 3. The summed E-state index contributed by atoms with van der Waals surface area (Å²) in [5.74, 6) is -0.993. The Balaban J connectivity index is 1.72. The van der Waals surface area contributed by atoms with Gasteiger partial charge in [0.1, 0.15) is 23.7 Å². The first-order valence-electron chi connectivity index (χ1n) is 8.16. The van der Waals surface area contributed by atoms with Gasteiger partial charge < -0.3 is 4.74 Å². The molecule has 0 radical (unpaired) electrons. The Morgan fingerprint density at radius 1 is 0.889 bits per heavy atom. The summed E-state index contributed by atoms with van der Waals surface area (Å²) in [6.45, 7) is 0.287. The summed E-state index contributed by atoms with van der Waals surface area (Å²) in [6.07, 6.45) is 1.44. The summed E-state index contributed by atoms with van der Waals surface area (Å²) in [5, 5.41) is 0. The van der Waals surface area contributed by atoms with Crippen molar-refractivity contribution in [3.8, 4) is 5.75 Å². The van der Waals surface area contributed by atoms with Crippen molar-refractivity contribution in [2.24, 2.45) is 0 Å². The van der Waals surface area contributed by atoms with Crippen LogP contribution in [0.5, 0.6) is 5.75 Å². The van der Waals surface area contributed by atoms with Gasteiger partial charge >= 0.3 is 6.03 Å². The third-order valence-corrected chi connectivity index (χ3v) is 4.15. The average Bonchev–Trinajstić information content (AvgIpc) is 2.69. The van der Waals surface area contributed by atoms with Crippen LogP contribution < -0.4 is 4.74 Å². The molecule has 0 aliphatic carbocycles. The molecule has 7 heteroatoms. The smallest absolute Gasteiger partial charge is 0.333 e. The molecule has 0 N–H and O–H groups in total. The van der Waals surface area contributed by atoms with Gasteiger partial charge in [0.15, 0.2) is 0 Å². The Morgan fingerprint density at radius 3 is 2.00 bits per heavy atom. The third-order valence-electron chi connectivity index (χ3n) is 4.15. The maximum absolute atomic E-state index is 12.9. The van der Waals surface area contributed by atoms with Crippen LogP contribution in [0.15, 0.2) is 54.1 Å². The predicted molar refractivity (Wildman–Crippen MR) is 96.1 cm³/mol. The molecule has 1 fully saturated rings. The lowest BCUT2D eigenvalue weighted by Crippen LogP contribution is -2.52. The van der Waals surface area contributed by atoms with Crippen molar-refractivity contribution in [2.45, 2.75) is 6.61 Å². The number of rotatable bonds is 4. The van der Waals surface area contributed by atoms with Gasteiger partial charge in [0.25, 0.3) is 11.8 Å². The summed E-state index contributed by atoms with van der Waals surface area (Å²) < 4.78 is 18.5. The van der Waals surface area contributed by atoms with E-state index in [4.69, 9.17) is 4.74 Å². The highest BCUT2D eigenvalue weighted by Gasteiger charge is 2.37. The first kappa shape index (κ1) is 18.3. The second kappa shape index (κ2) is 7.41. The molecule has 6 nitrogen and oxygen atoms in total. The number of hydrogen-bond acceptors (Lipinski definition) is 4. The van der Waals surface area contributed by atoms with Gasteiger partial charge in [-0.1, -0.05) is 24.3 Å². The molecule has 1 aliphatic rings. The average molecular weight is 368 g/mol. The van der Waals surface area contributed by atoms with Crippen LogP contribution in [0.1, 0.15) is 11.1 Å². The minimum Gasteiger partial charge on any atom is -0.489 e. The van der Waals surface area contributed by atoms with E-state index in [1.807, 2.05) is 0 Å². The van der Waals surface area contributed by atoms with Gasteiger partial charge in [0.05, 0.1) is 0 Å². The first-order chi connectivity index (χ1) is 12.9. The number of benzene rings is 2. The fraction of sp³-hybridized carbons (Fsp3) is 0.150. The largest absolute Gasteiger partial charge is 0.489 e. The molecule has 1 heterocycles. The molecule has 0 unspecified atom stereocenters. The number of imide groups is 2. The van der Waals surface area contributed by atoms with Crippen molar-refractivity contribution in [3.05, 3.63) is 71.0 Å². The Labute approximate surface area is 155 Å². The van der Waals surface area contributed by atoms with Crippen molar-refractivity contribution < 1.29 is 23.5 Å². The lowest BCUT2D eigenvalue weighted by molar-refractivity contribution is -0.134. The van der Waals surface area contributed by atoms with Crippen LogP contribution in [0.4, 0.5) is 9.18 Å².